The van der Waals surface area contributed by atoms with Gasteiger partial charge < -0.3 is 16.0 Å². The Kier molecular flexibility index (Phi) is 6.27. The molecule has 0 radical (unpaired) electrons. The Morgan fingerprint density at radius 2 is 1.70 bits per heavy atom. The maximum atomic E-state index is 12.1. The molecule has 0 aromatic rings. The lowest BCUT2D eigenvalue weighted by Crippen LogP contribution is -2.52. The van der Waals surface area contributed by atoms with Crippen LogP contribution in [0.1, 0.15) is 39.5 Å². The molecule has 1 saturated carbocycles. The van der Waals surface area contributed by atoms with Crippen molar-refractivity contribution in [3.63, 3.8) is 0 Å². The molecule has 5 nitrogen and oxygen atoms in total. The number of rotatable bonds is 4. The van der Waals surface area contributed by atoms with Crippen LogP contribution in [0.2, 0.25) is 0 Å². The van der Waals surface area contributed by atoms with Gasteiger partial charge in [0, 0.05) is 25.0 Å². The number of likely N-dealkylation sites (tertiary alicyclic amines) is 1. The zero-order valence-corrected chi connectivity index (χ0v) is 13.1. The van der Waals surface area contributed by atoms with E-state index in [1.54, 1.807) is 0 Å². The van der Waals surface area contributed by atoms with Crippen LogP contribution < -0.4 is 11.1 Å². The summed E-state index contributed by atoms with van der Waals surface area (Å²) in [5, 5.41) is 3.08. The van der Waals surface area contributed by atoms with Crippen LogP contribution >= 0.6 is 12.4 Å². The number of nitrogens with one attached hydrogen (secondary N) is 1. The van der Waals surface area contributed by atoms with Crippen LogP contribution in [-0.2, 0) is 9.59 Å². The highest BCUT2D eigenvalue weighted by molar-refractivity contribution is 5.85. The molecule has 1 saturated heterocycles. The Labute approximate surface area is 127 Å². The quantitative estimate of drug-likeness (QED) is 0.810. The number of carbonyl (C=O) groups excluding carboxylic acids is 2. The third-order valence-electron chi connectivity index (χ3n) is 4.10. The van der Waals surface area contributed by atoms with Gasteiger partial charge in [-0.2, -0.15) is 0 Å². The molecule has 1 atom stereocenters. The molecule has 2 amide bonds. The second-order valence-corrected chi connectivity index (χ2v) is 6.15. The first-order chi connectivity index (χ1) is 8.99. The fraction of sp³-hybridized carbons (Fsp3) is 0.857. The second kappa shape index (κ2) is 7.27. The van der Waals surface area contributed by atoms with Crippen LogP contribution in [0.15, 0.2) is 0 Å². The van der Waals surface area contributed by atoms with Crippen LogP contribution in [-0.4, -0.2) is 41.9 Å². The van der Waals surface area contributed by atoms with Crippen molar-refractivity contribution in [3.05, 3.63) is 0 Å². The molecule has 2 fully saturated rings. The van der Waals surface area contributed by atoms with Crippen LogP contribution in [0.3, 0.4) is 0 Å². The molecule has 0 aromatic carbocycles. The average Bonchev–Trinajstić information content (AvgIpc) is 3.22. The monoisotopic (exact) mass is 303 g/mol. The van der Waals surface area contributed by atoms with Crippen LogP contribution in [0, 0.1) is 11.8 Å². The van der Waals surface area contributed by atoms with E-state index in [1.807, 2.05) is 18.7 Å². The van der Waals surface area contributed by atoms with Gasteiger partial charge in [0.15, 0.2) is 0 Å². The van der Waals surface area contributed by atoms with Crippen molar-refractivity contribution in [2.45, 2.75) is 51.6 Å². The molecule has 2 rings (SSSR count). The number of carbonyl (C=O) groups is 2. The number of amides is 2. The summed E-state index contributed by atoms with van der Waals surface area (Å²) in [6.07, 6.45) is 3.75. The lowest BCUT2D eigenvalue weighted by atomic mass is 10.0. The Morgan fingerprint density at radius 3 is 2.15 bits per heavy atom. The molecule has 0 bridgehead atoms. The highest BCUT2D eigenvalue weighted by Crippen LogP contribution is 2.29. The van der Waals surface area contributed by atoms with E-state index in [9.17, 15) is 9.59 Å². The molecule has 3 N–H and O–H groups in total. The molecule has 1 aliphatic heterocycles. The van der Waals surface area contributed by atoms with Crippen LogP contribution in [0.25, 0.3) is 0 Å². The van der Waals surface area contributed by atoms with E-state index >= 15 is 0 Å². The lowest BCUT2D eigenvalue weighted by molar-refractivity contribution is -0.134. The summed E-state index contributed by atoms with van der Waals surface area (Å²) in [5.41, 5.74) is 5.89. The van der Waals surface area contributed by atoms with Crippen molar-refractivity contribution < 1.29 is 9.59 Å². The molecule has 0 unspecified atom stereocenters. The van der Waals surface area contributed by atoms with E-state index in [-0.39, 0.29) is 42.1 Å². The minimum Gasteiger partial charge on any atom is -0.353 e. The number of halogens is 1. The van der Waals surface area contributed by atoms with Gasteiger partial charge in [-0.25, -0.2) is 0 Å². The SMILES string of the molecule is CC(C)[C@@H](N)C(=O)N1CCC(NC(=O)C2CC2)CC1.Cl. The standard InChI is InChI=1S/C14H25N3O2.ClH/c1-9(2)12(15)14(19)17-7-5-11(6-8-17)16-13(18)10-3-4-10;/h9-12H,3-8,15H2,1-2H3,(H,16,18);1H/t12-;/m1./s1. The van der Waals surface area contributed by atoms with Crippen LogP contribution in [0.4, 0.5) is 0 Å². The molecular formula is C14H26ClN3O2. The number of nitrogens with two attached hydrogens (primary N) is 1. The lowest BCUT2D eigenvalue weighted by Gasteiger charge is -2.34. The van der Waals surface area contributed by atoms with Gasteiger partial charge in [-0.3, -0.25) is 9.59 Å². The molecule has 0 aromatic heterocycles. The number of hydrogen-bond donors (Lipinski definition) is 2. The summed E-state index contributed by atoms with van der Waals surface area (Å²) in [7, 11) is 0. The Balaban J connectivity index is 0.00000200. The molecule has 20 heavy (non-hydrogen) atoms. The maximum absolute atomic E-state index is 12.1. The summed E-state index contributed by atoms with van der Waals surface area (Å²) < 4.78 is 0. The zero-order chi connectivity index (χ0) is 14.0. The Bertz CT molecular complexity index is 350. The fourth-order valence-electron chi connectivity index (χ4n) is 2.40. The van der Waals surface area contributed by atoms with Gasteiger partial charge in [-0.15, -0.1) is 12.4 Å². The second-order valence-electron chi connectivity index (χ2n) is 6.15. The van der Waals surface area contributed by atoms with Crippen molar-refractivity contribution in [2.24, 2.45) is 17.6 Å². The van der Waals surface area contributed by atoms with E-state index < -0.39 is 6.04 Å². The first kappa shape index (κ1) is 17.2. The third kappa shape index (κ3) is 4.35. The predicted molar refractivity (Wildman–Crippen MR) is 80.5 cm³/mol. The molecule has 1 heterocycles. The molecule has 2 aliphatic rings. The molecule has 1 aliphatic carbocycles. The van der Waals surface area contributed by atoms with Crippen LogP contribution in [0.5, 0.6) is 0 Å². The van der Waals surface area contributed by atoms with Crippen molar-refractivity contribution in [1.82, 2.24) is 10.2 Å². The molecular weight excluding hydrogens is 278 g/mol. The normalized spacial score (nSPS) is 21.3. The fourth-order valence-corrected chi connectivity index (χ4v) is 2.40. The van der Waals surface area contributed by atoms with Gasteiger partial charge >= 0.3 is 0 Å². The van der Waals surface area contributed by atoms with E-state index in [2.05, 4.69) is 5.32 Å². The van der Waals surface area contributed by atoms with Gasteiger partial charge in [0.05, 0.1) is 6.04 Å². The predicted octanol–water partition coefficient (Wildman–Crippen LogP) is 0.909. The van der Waals surface area contributed by atoms with E-state index in [0.717, 1.165) is 25.7 Å². The Morgan fingerprint density at radius 1 is 1.15 bits per heavy atom. The van der Waals surface area contributed by atoms with Gasteiger partial charge in [-0.1, -0.05) is 13.8 Å². The number of nitrogens with zero attached hydrogens (tertiary/aromatic N) is 1. The van der Waals surface area contributed by atoms with E-state index in [0.29, 0.717) is 13.1 Å². The van der Waals surface area contributed by atoms with Gasteiger partial charge in [0.25, 0.3) is 0 Å². The summed E-state index contributed by atoms with van der Waals surface area (Å²) in [5.74, 6) is 0.666. The van der Waals surface area contributed by atoms with E-state index in [4.69, 9.17) is 5.73 Å². The Hall–Kier alpha value is -0.810. The first-order valence-electron chi connectivity index (χ1n) is 7.33. The minimum absolute atomic E-state index is 0. The zero-order valence-electron chi connectivity index (χ0n) is 12.3. The molecule has 6 heteroatoms. The summed E-state index contributed by atoms with van der Waals surface area (Å²) in [4.78, 5) is 25.6. The number of piperidine rings is 1. The molecule has 0 spiro atoms. The minimum atomic E-state index is -0.405. The average molecular weight is 304 g/mol. The smallest absolute Gasteiger partial charge is 0.239 e. The molecule has 116 valence electrons. The van der Waals surface area contributed by atoms with Crippen molar-refractivity contribution >= 4 is 24.2 Å². The van der Waals surface area contributed by atoms with E-state index in [1.165, 1.54) is 0 Å². The summed E-state index contributed by atoms with van der Waals surface area (Å²) in [6, 6.07) is -0.176. The van der Waals surface area contributed by atoms with Gasteiger partial charge in [-0.05, 0) is 31.6 Å². The largest absolute Gasteiger partial charge is 0.353 e. The van der Waals surface area contributed by atoms with Crippen molar-refractivity contribution in [2.75, 3.05) is 13.1 Å². The maximum Gasteiger partial charge on any atom is 0.239 e. The third-order valence-corrected chi connectivity index (χ3v) is 4.10. The first-order valence-corrected chi connectivity index (χ1v) is 7.33. The number of hydrogen-bond acceptors (Lipinski definition) is 3. The summed E-state index contributed by atoms with van der Waals surface area (Å²) >= 11 is 0. The van der Waals surface area contributed by atoms with Gasteiger partial charge in [0.1, 0.15) is 0 Å². The summed E-state index contributed by atoms with van der Waals surface area (Å²) in [6.45, 7) is 5.33. The van der Waals surface area contributed by atoms with Gasteiger partial charge in [0.2, 0.25) is 11.8 Å². The van der Waals surface area contributed by atoms with Crippen molar-refractivity contribution in [1.29, 1.82) is 0 Å². The van der Waals surface area contributed by atoms with Crippen molar-refractivity contribution in [3.8, 4) is 0 Å². The highest BCUT2D eigenvalue weighted by Gasteiger charge is 2.33. The topological polar surface area (TPSA) is 75.4 Å². The highest BCUT2D eigenvalue weighted by atomic mass is 35.5.